The van der Waals surface area contributed by atoms with Gasteiger partial charge in [-0.3, -0.25) is 4.79 Å². The average molecular weight is 450 g/mol. The first kappa shape index (κ1) is 19.3. The smallest absolute Gasteiger partial charge is 0.290 e. The van der Waals surface area contributed by atoms with Crippen molar-refractivity contribution in [2.75, 3.05) is 7.11 Å². The van der Waals surface area contributed by atoms with E-state index in [1.54, 1.807) is 12.0 Å². The van der Waals surface area contributed by atoms with E-state index in [0.29, 0.717) is 12.1 Å². The summed E-state index contributed by atoms with van der Waals surface area (Å²) in [5.41, 5.74) is 3.31. The van der Waals surface area contributed by atoms with Gasteiger partial charge in [0.1, 0.15) is 5.75 Å². The third-order valence-electron chi connectivity index (χ3n) is 5.04. The van der Waals surface area contributed by atoms with Crippen LogP contribution in [-0.4, -0.2) is 23.0 Å². The zero-order valence-electron chi connectivity index (χ0n) is 15.9. The van der Waals surface area contributed by atoms with Gasteiger partial charge in [0.15, 0.2) is 5.76 Å². The number of ether oxygens (including phenoxy) is 1. The van der Waals surface area contributed by atoms with Crippen LogP contribution in [0.1, 0.15) is 22.7 Å². The Morgan fingerprint density at radius 1 is 1.00 bits per heavy atom. The molecule has 1 aliphatic heterocycles. The van der Waals surface area contributed by atoms with E-state index in [2.05, 4.69) is 15.9 Å². The van der Waals surface area contributed by atoms with Gasteiger partial charge in [-0.2, -0.15) is 0 Å². The van der Waals surface area contributed by atoms with Gasteiger partial charge in [-0.15, -0.1) is 0 Å². The number of carbonyl (C=O) groups excluding carboxylic acids is 1. The highest BCUT2D eigenvalue weighted by Gasteiger charge is 2.41. The number of rotatable bonds is 5. The maximum atomic E-state index is 13.1. The van der Waals surface area contributed by atoms with Crippen LogP contribution in [0.3, 0.4) is 0 Å². The van der Waals surface area contributed by atoms with Gasteiger partial charge in [-0.05, 0) is 41.0 Å². The van der Waals surface area contributed by atoms with Crippen LogP contribution in [0.2, 0.25) is 0 Å². The summed E-state index contributed by atoms with van der Waals surface area (Å²) in [6.07, 6.45) is 0. The Bertz CT molecular complexity index is 1080. The van der Waals surface area contributed by atoms with Crippen LogP contribution in [0.25, 0.3) is 5.57 Å². The molecule has 0 radical (unpaired) electrons. The number of halogens is 1. The van der Waals surface area contributed by atoms with Gasteiger partial charge >= 0.3 is 0 Å². The Morgan fingerprint density at radius 3 is 2.48 bits per heavy atom. The number of hydrogen-bond acceptors (Lipinski definition) is 3. The highest BCUT2D eigenvalue weighted by atomic mass is 79.9. The quantitative estimate of drug-likeness (QED) is 0.558. The summed E-state index contributed by atoms with van der Waals surface area (Å²) in [4.78, 5) is 14.8. The molecule has 4 rings (SSSR count). The Hall–Kier alpha value is -3.05. The van der Waals surface area contributed by atoms with Crippen LogP contribution in [0.15, 0.2) is 89.1 Å². The Morgan fingerprint density at radius 2 is 1.76 bits per heavy atom. The van der Waals surface area contributed by atoms with Gasteiger partial charge in [0.25, 0.3) is 5.91 Å². The summed E-state index contributed by atoms with van der Waals surface area (Å²) in [7, 11) is 1.62. The lowest BCUT2D eigenvalue weighted by atomic mass is 9.93. The predicted molar refractivity (Wildman–Crippen MR) is 116 cm³/mol. The molecule has 0 aromatic heterocycles. The minimum Gasteiger partial charge on any atom is -0.503 e. The third kappa shape index (κ3) is 3.78. The first-order chi connectivity index (χ1) is 14.1. The van der Waals surface area contributed by atoms with E-state index in [-0.39, 0.29) is 11.7 Å². The molecular weight excluding hydrogens is 430 g/mol. The summed E-state index contributed by atoms with van der Waals surface area (Å²) in [6.45, 7) is 0.355. The lowest BCUT2D eigenvalue weighted by molar-refractivity contribution is -0.130. The molecule has 0 fully saturated rings. The zero-order chi connectivity index (χ0) is 20.4. The number of carbonyl (C=O) groups is 1. The molecule has 29 heavy (non-hydrogen) atoms. The van der Waals surface area contributed by atoms with Crippen molar-refractivity contribution < 1.29 is 14.6 Å². The minimum atomic E-state index is -0.395. The molecule has 0 spiro atoms. The first-order valence-electron chi connectivity index (χ1n) is 9.26. The molecule has 0 saturated heterocycles. The van der Waals surface area contributed by atoms with Crippen molar-refractivity contribution in [3.05, 3.63) is 106 Å². The average Bonchev–Trinajstić information content (AvgIpc) is 2.99. The maximum Gasteiger partial charge on any atom is 0.290 e. The third-order valence-corrected chi connectivity index (χ3v) is 5.53. The molecule has 4 nitrogen and oxygen atoms in total. The fourth-order valence-electron chi connectivity index (χ4n) is 3.72. The molecular formula is C24H20BrNO3. The minimum absolute atomic E-state index is 0.205. The Balaban J connectivity index is 1.81. The van der Waals surface area contributed by atoms with Crippen molar-refractivity contribution >= 4 is 27.4 Å². The van der Waals surface area contributed by atoms with Crippen molar-refractivity contribution in [2.24, 2.45) is 0 Å². The molecule has 1 atom stereocenters. The predicted octanol–water partition coefficient (Wildman–Crippen LogP) is 5.51. The summed E-state index contributed by atoms with van der Waals surface area (Å²) < 4.78 is 6.23. The van der Waals surface area contributed by atoms with Gasteiger partial charge in [-0.1, -0.05) is 70.5 Å². The number of hydrogen-bond donors (Lipinski definition) is 1. The largest absolute Gasteiger partial charge is 0.503 e. The van der Waals surface area contributed by atoms with Gasteiger partial charge in [0.05, 0.1) is 13.2 Å². The second-order valence-corrected chi connectivity index (χ2v) is 7.79. The summed E-state index contributed by atoms with van der Waals surface area (Å²) in [6, 6.07) is 24.6. The van der Waals surface area contributed by atoms with Gasteiger partial charge in [0, 0.05) is 16.6 Å². The van der Waals surface area contributed by atoms with Crippen LogP contribution in [0.4, 0.5) is 0 Å². The number of aliphatic hydroxyl groups excluding tert-OH is 1. The van der Waals surface area contributed by atoms with Crippen LogP contribution in [0.5, 0.6) is 5.75 Å². The van der Waals surface area contributed by atoms with Gasteiger partial charge in [0.2, 0.25) is 0 Å². The maximum absolute atomic E-state index is 13.1. The molecule has 0 saturated carbocycles. The van der Waals surface area contributed by atoms with E-state index in [1.807, 2.05) is 78.9 Å². The van der Waals surface area contributed by atoms with E-state index in [0.717, 1.165) is 26.9 Å². The Labute approximate surface area is 178 Å². The number of amides is 1. The SMILES string of the molecule is COc1cccc(CN2C(=O)C(O)=C(c3ccccc3)C2c2cccc(Br)c2)c1. The van der Waals surface area contributed by atoms with Crippen molar-refractivity contribution in [1.29, 1.82) is 0 Å². The monoisotopic (exact) mass is 449 g/mol. The summed E-state index contributed by atoms with van der Waals surface area (Å²) in [5, 5.41) is 10.8. The van der Waals surface area contributed by atoms with Crippen LogP contribution < -0.4 is 4.74 Å². The standard InChI is InChI=1S/C24H20BrNO3/c1-29-20-12-5-7-16(13-20)15-26-22(18-10-6-11-19(25)14-18)21(23(27)24(26)28)17-8-3-2-4-9-17/h2-14,22,27H,15H2,1H3. The zero-order valence-corrected chi connectivity index (χ0v) is 17.5. The number of nitrogens with zero attached hydrogens (tertiary/aromatic N) is 1. The van der Waals surface area contributed by atoms with Gasteiger partial charge < -0.3 is 14.7 Å². The van der Waals surface area contributed by atoms with E-state index in [4.69, 9.17) is 4.74 Å². The van der Waals surface area contributed by atoms with Crippen LogP contribution in [0, 0.1) is 0 Å². The molecule has 146 valence electrons. The molecule has 0 aliphatic carbocycles. The normalized spacial score (nSPS) is 16.4. The Kier molecular flexibility index (Phi) is 5.41. The highest BCUT2D eigenvalue weighted by molar-refractivity contribution is 9.10. The van der Waals surface area contributed by atoms with Crippen LogP contribution >= 0.6 is 15.9 Å². The lowest BCUT2D eigenvalue weighted by Gasteiger charge is -2.28. The number of benzene rings is 3. The topological polar surface area (TPSA) is 49.8 Å². The van der Waals surface area contributed by atoms with Crippen molar-refractivity contribution in [3.63, 3.8) is 0 Å². The molecule has 1 N–H and O–H groups in total. The van der Waals surface area contributed by atoms with E-state index >= 15 is 0 Å². The summed E-state index contributed by atoms with van der Waals surface area (Å²) >= 11 is 3.52. The molecule has 0 bridgehead atoms. The fourth-order valence-corrected chi connectivity index (χ4v) is 4.14. The number of aliphatic hydroxyl groups is 1. The summed E-state index contributed by atoms with van der Waals surface area (Å²) in [5.74, 6) is 0.148. The van der Waals surface area contributed by atoms with Gasteiger partial charge in [-0.25, -0.2) is 0 Å². The highest BCUT2D eigenvalue weighted by Crippen LogP contribution is 2.44. The second-order valence-electron chi connectivity index (χ2n) is 6.87. The molecule has 1 heterocycles. The van der Waals surface area contributed by atoms with Crippen molar-refractivity contribution in [1.82, 2.24) is 4.90 Å². The van der Waals surface area contributed by atoms with E-state index < -0.39 is 6.04 Å². The first-order valence-corrected chi connectivity index (χ1v) is 10.1. The number of methoxy groups -OCH3 is 1. The van der Waals surface area contributed by atoms with Crippen LogP contribution in [-0.2, 0) is 11.3 Å². The molecule has 1 unspecified atom stereocenters. The van der Waals surface area contributed by atoms with Crippen molar-refractivity contribution in [3.8, 4) is 5.75 Å². The lowest BCUT2D eigenvalue weighted by Crippen LogP contribution is -2.29. The molecule has 1 aliphatic rings. The fraction of sp³-hybridized carbons (Fsp3) is 0.125. The second kappa shape index (κ2) is 8.13. The van der Waals surface area contributed by atoms with E-state index in [9.17, 15) is 9.90 Å². The molecule has 3 aromatic carbocycles. The molecule has 5 heteroatoms. The molecule has 3 aromatic rings. The molecule has 1 amide bonds. The van der Waals surface area contributed by atoms with Crippen molar-refractivity contribution in [2.45, 2.75) is 12.6 Å². The van der Waals surface area contributed by atoms with E-state index in [1.165, 1.54) is 0 Å².